The molecule has 0 aliphatic heterocycles. The number of rotatable bonds is 0. The molecule has 1 aromatic heterocycles. The van der Waals surface area contributed by atoms with Crippen LogP contribution >= 0.6 is 0 Å². The Labute approximate surface area is 74.5 Å². The molecule has 0 radical (unpaired) electrons. The number of hydrogen-bond donors (Lipinski definition) is 1. The monoisotopic (exact) mass is 177 g/mol. The Morgan fingerprint density at radius 1 is 1.62 bits per heavy atom. The number of aromatic nitrogens is 1. The van der Waals surface area contributed by atoms with Gasteiger partial charge in [0.05, 0.1) is 12.7 Å². The van der Waals surface area contributed by atoms with Gasteiger partial charge in [-0.05, 0) is 18.1 Å². The predicted molar refractivity (Wildman–Crippen MR) is 46.0 cm³/mol. The summed E-state index contributed by atoms with van der Waals surface area (Å²) in [6.07, 6.45) is 1.49. The van der Waals surface area contributed by atoms with Crippen molar-refractivity contribution >= 4 is 5.97 Å². The van der Waals surface area contributed by atoms with Crippen LogP contribution in [-0.4, -0.2) is 18.1 Å². The van der Waals surface area contributed by atoms with E-state index in [1.165, 1.54) is 19.4 Å². The van der Waals surface area contributed by atoms with E-state index in [-0.39, 0.29) is 11.1 Å². The third-order valence-corrected chi connectivity index (χ3v) is 1.30. The van der Waals surface area contributed by atoms with Crippen LogP contribution in [0.3, 0.4) is 0 Å². The normalized spacial score (nSPS) is 8.38. The maximum absolute atomic E-state index is 11.0. The fourth-order valence-electron chi connectivity index (χ4n) is 0.689. The standard InChI is InChI=1S/C9H7NO3/c1-13-8(11)5-4-7-3-2-6-10-9(7)12/h2-3,6H,1H3,(H,10,12). The Hall–Kier alpha value is -2.02. The van der Waals surface area contributed by atoms with Gasteiger partial charge in [0.2, 0.25) is 0 Å². The van der Waals surface area contributed by atoms with Crippen molar-refractivity contribution in [2.24, 2.45) is 0 Å². The number of aromatic amines is 1. The van der Waals surface area contributed by atoms with Crippen molar-refractivity contribution in [2.45, 2.75) is 0 Å². The van der Waals surface area contributed by atoms with Gasteiger partial charge in [-0.25, -0.2) is 4.79 Å². The van der Waals surface area contributed by atoms with E-state index >= 15 is 0 Å². The zero-order valence-corrected chi connectivity index (χ0v) is 6.96. The number of nitrogens with one attached hydrogen (secondary N) is 1. The van der Waals surface area contributed by atoms with E-state index in [0.29, 0.717) is 0 Å². The number of hydrogen-bond acceptors (Lipinski definition) is 3. The fraction of sp³-hybridized carbons (Fsp3) is 0.111. The van der Waals surface area contributed by atoms with Crippen LogP contribution in [0.15, 0.2) is 23.1 Å². The molecule has 0 amide bonds. The SMILES string of the molecule is COC(=O)C#Cc1ccc[nH]c1=O. The van der Waals surface area contributed by atoms with Gasteiger partial charge in [0.25, 0.3) is 5.56 Å². The van der Waals surface area contributed by atoms with Crippen molar-refractivity contribution in [1.82, 2.24) is 4.98 Å². The summed E-state index contributed by atoms with van der Waals surface area (Å²) in [6, 6.07) is 3.15. The summed E-state index contributed by atoms with van der Waals surface area (Å²) in [4.78, 5) is 24.0. The lowest BCUT2D eigenvalue weighted by atomic mass is 10.3. The molecule has 0 aromatic carbocycles. The molecule has 0 spiro atoms. The van der Waals surface area contributed by atoms with Crippen molar-refractivity contribution in [3.8, 4) is 11.8 Å². The largest absolute Gasteiger partial charge is 0.459 e. The van der Waals surface area contributed by atoms with Gasteiger partial charge in [-0.1, -0.05) is 0 Å². The average molecular weight is 177 g/mol. The van der Waals surface area contributed by atoms with Crippen LogP contribution < -0.4 is 5.56 Å². The van der Waals surface area contributed by atoms with Crippen LogP contribution in [0.25, 0.3) is 0 Å². The molecule has 0 aliphatic carbocycles. The Morgan fingerprint density at radius 3 is 3.00 bits per heavy atom. The first kappa shape index (κ1) is 9.07. The molecule has 0 aliphatic rings. The molecule has 1 aromatic rings. The quantitative estimate of drug-likeness (QED) is 0.444. The second-order valence-electron chi connectivity index (χ2n) is 2.15. The number of H-pyrrole nitrogens is 1. The molecule has 1 N–H and O–H groups in total. The first-order chi connectivity index (χ1) is 6.24. The van der Waals surface area contributed by atoms with E-state index < -0.39 is 5.97 Å². The van der Waals surface area contributed by atoms with Crippen LogP contribution in [0.5, 0.6) is 0 Å². The molecule has 0 saturated heterocycles. The van der Waals surface area contributed by atoms with Crippen LogP contribution in [0.1, 0.15) is 5.56 Å². The van der Waals surface area contributed by atoms with Gasteiger partial charge >= 0.3 is 5.97 Å². The number of esters is 1. The summed E-state index contributed by atoms with van der Waals surface area (Å²) in [5.74, 6) is 3.89. The molecule has 0 saturated carbocycles. The van der Waals surface area contributed by atoms with Crippen molar-refractivity contribution < 1.29 is 9.53 Å². The minimum absolute atomic E-state index is 0.243. The summed E-state index contributed by atoms with van der Waals surface area (Å²) >= 11 is 0. The van der Waals surface area contributed by atoms with Crippen molar-refractivity contribution in [2.75, 3.05) is 7.11 Å². The lowest BCUT2D eigenvalue weighted by Gasteiger charge is -1.86. The molecule has 0 fully saturated rings. The van der Waals surface area contributed by atoms with E-state index in [4.69, 9.17) is 0 Å². The molecule has 1 rings (SSSR count). The zero-order valence-electron chi connectivity index (χ0n) is 6.96. The first-order valence-electron chi connectivity index (χ1n) is 3.51. The molecule has 13 heavy (non-hydrogen) atoms. The molecule has 0 unspecified atom stereocenters. The van der Waals surface area contributed by atoms with Gasteiger partial charge in [-0.2, -0.15) is 0 Å². The highest BCUT2D eigenvalue weighted by atomic mass is 16.5. The molecule has 4 heteroatoms. The average Bonchev–Trinajstić information content (AvgIpc) is 2.16. The third kappa shape index (κ3) is 2.49. The zero-order chi connectivity index (χ0) is 9.68. The maximum Gasteiger partial charge on any atom is 0.384 e. The molecule has 4 nitrogen and oxygen atoms in total. The summed E-state index contributed by atoms with van der Waals surface area (Å²) < 4.78 is 4.29. The van der Waals surface area contributed by atoms with E-state index in [1.807, 2.05) is 0 Å². The summed E-state index contributed by atoms with van der Waals surface area (Å²) in [7, 11) is 1.23. The Bertz CT molecular complexity index is 422. The van der Waals surface area contributed by atoms with E-state index in [1.54, 1.807) is 6.07 Å². The summed E-state index contributed by atoms with van der Waals surface area (Å²) in [6.45, 7) is 0. The second-order valence-corrected chi connectivity index (χ2v) is 2.15. The highest BCUT2D eigenvalue weighted by molar-refractivity contribution is 5.88. The lowest BCUT2D eigenvalue weighted by Crippen LogP contribution is -2.08. The minimum Gasteiger partial charge on any atom is -0.459 e. The van der Waals surface area contributed by atoms with Gasteiger partial charge in [-0.15, -0.1) is 0 Å². The van der Waals surface area contributed by atoms with E-state index in [0.717, 1.165) is 0 Å². The van der Waals surface area contributed by atoms with Gasteiger partial charge in [0, 0.05) is 12.1 Å². The molecule has 66 valence electrons. The predicted octanol–water partition coefficient (Wildman–Crippen LogP) is -0.101. The van der Waals surface area contributed by atoms with E-state index in [9.17, 15) is 9.59 Å². The van der Waals surface area contributed by atoms with Crippen molar-refractivity contribution in [3.05, 3.63) is 34.2 Å². The van der Waals surface area contributed by atoms with Crippen molar-refractivity contribution in [3.63, 3.8) is 0 Å². The second kappa shape index (κ2) is 4.12. The smallest absolute Gasteiger partial charge is 0.384 e. The van der Waals surface area contributed by atoms with Crippen LogP contribution in [-0.2, 0) is 9.53 Å². The van der Waals surface area contributed by atoms with E-state index in [2.05, 4.69) is 21.6 Å². The molecule has 1 heterocycles. The van der Waals surface area contributed by atoms with Gasteiger partial charge in [-0.3, -0.25) is 4.79 Å². The number of methoxy groups -OCH3 is 1. The Balaban J connectivity index is 2.96. The molecule has 0 atom stereocenters. The van der Waals surface area contributed by atoms with Crippen LogP contribution in [0, 0.1) is 11.8 Å². The Morgan fingerprint density at radius 2 is 2.38 bits per heavy atom. The Kier molecular flexibility index (Phi) is 2.87. The topological polar surface area (TPSA) is 59.2 Å². The summed E-state index contributed by atoms with van der Waals surface area (Å²) in [5.41, 5.74) is -0.0770. The maximum atomic E-state index is 11.0. The lowest BCUT2D eigenvalue weighted by molar-refractivity contribution is -0.133. The minimum atomic E-state index is -0.664. The summed E-state index contributed by atoms with van der Waals surface area (Å²) in [5, 5.41) is 0. The van der Waals surface area contributed by atoms with Crippen LogP contribution in [0.4, 0.5) is 0 Å². The number of pyridine rings is 1. The first-order valence-corrected chi connectivity index (χ1v) is 3.51. The highest BCUT2D eigenvalue weighted by Gasteiger charge is 1.93. The highest BCUT2D eigenvalue weighted by Crippen LogP contribution is 1.84. The molecule has 0 bridgehead atoms. The van der Waals surface area contributed by atoms with Gasteiger partial charge in [0.15, 0.2) is 0 Å². The van der Waals surface area contributed by atoms with Crippen molar-refractivity contribution in [1.29, 1.82) is 0 Å². The number of ether oxygens (including phenoxy) is 1. The van der Waals surface area contributed by atoms with Gasteiger partial charge in [0.1, 0.15) is 0 Å². The number of carbonyl (C=O) groups excluding carboxylic acids is 1. The van der Waals surface area contributed by atoms with Crippen LogP contribution in [0.2, 0.25) is 0 Å². The van der Waals surface area contributed by atoms with Gasteiger partial charge < -0.3 is 9.72 Å². The fourth-order valence-corrected chi connectivity index (χ4v) is 0.689. The molecular weight excluding hydrogens is 170 g/mol. The number of carbonyl (C=O) groups is 1. The molecular formula is C9H7NO3. The third-order valence-electron chi connectivity index (χ3n) is 1.30.